The van der Waals surface area contributed by atoms with Crippen LogP contribution in [0.4, 0.5) is 10.1 Å². The molecule has 1 aromatic rings. The van der Waals surface area contributed by atoms with Gasteiger partial charge in [-0.3, -0.25) is 4.79 Å². The van der Waals surface area contributed by atoms with Crippen LogP contribution in [-0.4, -0.2) is 18.6 Å². The van der Waals surface area contributed by atoms with Crippen molar-refractivity contribution in [1.29, 1.82) is 0 Å². The Balaban J connectivity index is 2.59. The Hall–Kier alpha value is -0.940. The first kappa shape index (κ1) is 13.1. The minimum Gasteiger partial charge on any atom is -0.369 e. The summed E-state index contributed by atoms with van der Waals surface area (Å²) in [5, 5.41) is 2.44. The molecule has 0 fully saturated rings. The molecule has 0 bridgehead atoms. The molecule has 1 amide bonds. The van der Waals surface area contributed by atoms with Gasteiger partial charge in [0.15, 0.2) is 0 Å². The Bertz CT molecular complexity index is 382. The number of hydrogen-bond donors (Lipinski definition) is 1. The summed E-state index contributed by atoms with van der Waals surface area (Å²) in [6, 6.07) is 4.35. The van der Waals surface area contributed by atoms with Crippen LogP contribution >= 0.6 is 15.9 Å². The molecule has 1 N–H and O–H groups in total. The van der Waals surface area contributed by atoms with Gasteiger partial charge >= 0.3 is 0 Å². The molecule has 0 unspecified atom stereocenters. The van der Waals surface area contributed by atoms with Gasteiger partial charge in [0.1, 0.15) is 12.4 Å². The fourth-order valence-electron chi connectivity index (χ4n) is 1.02. The van der Waals surface area contributed by atoms with E-state index < -0.39 is 5.82 Å². The number of halogens is 2. The van der Waals surface area contributed by atoms with Crippen molar-refractivity contribution in [3.05, 3.63) is 28.5 Å². The van der Waals surface area contributed by atoms with Gasteiger partial charge in [-0.05, 0) is 32.0 Å². The normalized spacial score (nSPS) is 10.6. The zero-order valence-electron chi connectivity index (χ0n) is 9.09. The highest BCUT2D eigenvalue weighted by atomic mass is 79.9. The molecular weight excluding hydrogens is 277 g/mol. The highest BCUT2D eigenvalue weighted by Crippen LogP contribution is 2.19. The van der Waals surface area contributed by atoms with E-state index in [0.717, 1.165) is 0 Å². The number of hydrogen-bond acceptors (Lipinski definition) is 2. The lowest BCUT2D eigenvalue weighted by Crippen LogP contribution is -2.21. The quantitative estimate of drug-likeness (QED) is 0.926. The summed E-state index contributed by atoms with van der Waals surface area (Å²) in [5.74, 6) is -0.841. The maximum atomic E-state index is 13.3. The Morgan fingerprint density at radius 2 is 2.25 bits per heavy atom. The molecule has 0 aliphatic carbocycles. The van der Waals surface area contributed by atoms with Crippen molar-refractivity contribution in [3.8, 4) is 0 Å². The molecule has 0 aliphatic heterocycles. The summed E-state index contributed by atoms with van der Waals surface area (Å²) in [4.78, 5) is 11.4. The molecule has 88 valence electrons. The lowest BCUT2D eigenvalue weighted by molar-refractivity contribution is -0.121. The van der Waals surface area contributed by atoms with Crippen LogP contribution in [0, 0.1) is 5.82 Å². The van der Waals surface area contributed by atoms with E-state index in [9.17, 15) is 9.18 Å². The molecule has 1 aromatic carbocycles. The first-order valence-electron chi connectivity index (χ1n) is 4.85. The standard InChI is InChI=1S/C11H13BrFNO2/c1-7(2)16-6-11(15)14-10-5-8(12)3-4-9(10)13/h3-5,7H,6H2,1-2H3,(H,14,15). The van der Waals surface area contributed by atoms with Gasteiger partial charge in [0.05, 0.1) is 11.8 Å². The van der Waals surface area contributed by atoms with Crippen molar-refractivity contribution < 1.29 is 13.9 Å². The molecule has 1 rings (SSSR count). The second kappa shape index (κ2) is 5.96. The van der Waals surface area contributed by atoms with Crippen molar-refractivity contribution in [2.24, 2.45) is 0 Å². The average Bonchev–Trinajstić information content (AvgIpc) is 2.20. The highest BCUT2D eigenvalue weighted by molar-refractivity contribution is 9.10. The maximum absolute atomic E-state index is 13.3. The molecule has 16 heavy (non-hydrogen) atoms. The van der Waals surface area contributed by atoms with Crippen LogP contribution in [0.2, 0.25) is 0 Å². The number of anilines is 1. The van der Waals surface area contributed by atoms with Crippen LogP contribution in [0.1, 0.15) is 13.8 Å². The largest absolute Gasteiger partial charge is 0.369 e. The molecule has 0 radical (unpaired) electrons. The van der Waals surface area contributed by atoms with E-state index in [1.54, 1.807) is 6.07 Å². The Morgan fingerprint density at radius 1 is 1.56 bits per heavy atom. The summed E-state index contributed by atoms with van der Waals surface area (Å²) < 4.78 is 19.1. The van der Waals surface area contributed by atoms with Gasteiger partial charge in [0.2, 0.25) is 5.91 Å². The molecule has 0 atom stereocenters. The minimum atomic E-state index is -0.471. The maximum Gasteiger partial charge on any atom is 0.250 e. The van der Waals surface area contributed by atoms with E-state index in [-0.39, 0.29) is 24.3 Å². The molecule has 3 nitrogen and oxygen atoms in total. The SMILES string of the molecule is CC(C)OCC(=O)Nc1cc(Br)ccc1F. The van der Waals surface area contributed by atoms with E-state index in [1.165, 1.54) is 12.1 Å². The van der Waals surface area contributed by atoms with Crippen LogP contribution in [0.3, 0.4) is 0 Å². The first-order chi connectivity index (χ1) is 7.49. The lowest BCUT2D eigenvalue weighted by atomic mass is 10.3. The summed E-state index contributed by atoms with van der Waals surface area (Å²) in [6.07, 6.45) is -0.0295. The van der Waals surface area contributed by atoms with E-state index in [2.05, 4.69) is 21.2 Å². The molecule has 0 heterocycles. The van der Waals surface area contributed by atoms with Crippen LogP contribution in [0.15, 0.2) is 22.7 Å². The van der Waals surface area contributed by atoms with Gasteiger partial charge in [0, 0.05) is 4.47 Å². The van der Waals surface area contributed by atoms with E-state index in [0.29, 0.717) is 4.47 Å². The summed E-state index contributed by atoms with van der Waals surface area (Å²) in [5.41, 5.74) is 0.145. The molecule has 0 aliphatic rings. The number of nitrogens with one attached hydrogen (secondary N) is 1. The second-order valence-corrected chi connectivity index (χ2v) is 4.45. The fraction of sp³-hybridized carbons (Fsp3) is 0.364. The zero-order valence-corrected chi connectivity index (χ0v) is 10.7. The van der Waals surface area contributed by atoms with E-state index in [4.69, 9.17) is 4.74 Å². The Labute approximate surface area is 102 Å². The van der Waals surface area contributed by atoms with Gasteiger partial charge < -0.3 is 10.1 Å². The van der Waals surface area contributed by atoms with E-state index in [1.807, 2.05) is 13.8 Å². The van der Waals surface area contributed by atoms with Crippen molar-refractivity contribution in [3.63, 3.8) is 0 Å². The smallest absolute Gasteiger partial charge is 0.250 e. The number of rotatable bonds is 4. The topological polar surface area (TPSA) is 38.3 Å². The van der Waals surface area contributed by atoms with E-state index >= 15 is 0 Å². The highest BCUT2D eigenvalue weighted by Gasteiger charge is 2.08. The third kappa shape index (κ3) is 4.28. The predicted octanol–water partition coefficient (Wildman–Crippen LogP) is 2.95. The number of amides is 1. The fourth-order valence-corrected chi connectivity index (χ4v) is 1.38. The van der Waals surface area contributed by atoms with Crippen molar-refractivity contribution in [2.45, 2.75) is 20.0 Å². The van der Waals surface area contributed by atoms with Gasteiger partial charge in [-0.2, -0.15) is 0 Å². The summed E-state index contributed by atoms with van der Waals surface area (Å²) >= 11 is 3.20. The zero-order chi connectivity index (χ0) is 12.1. The molecule has 0 saturated carbocycles. The molecule has 0 saturated heterocycles. The van der Waals surface area contributed by atoms with Crippen LogP contribution in [-0.2, 0) is 9.53 Å². The van der Waals surface area contributed by atoms with Crippen LogP contribution in [0.25, 0.3) is 0 Å². The third-order valence-electron chi connectivity index (χ3n) is 1.75. The molecule has 0 aromatic heterocycles. The Morgan fingerprint density at radius 3 is 2.88 bits per heavy atom. The Kier molecular flexibility index (Phi) is 4.89. The van der Waals surface area contributed by atoms with Crippen molar-refractivity contribution in [1.82, 2.24) is 0 Å². The van der Waals surface area contributed by atoms with Gasteiger partial charge in [-0.25, -0.2) is 4.39 Å². The number of ether oxygens (including phenoxy) is 1. The number of carbonyl (C=O) groups is 1. The molecule has 5 heteroatoms. The van der Waals surface area contributed by atoms with Gasteiger partial charge in [-0.1, -0.05) is 15.9 Å². The van der Waals surface area contributed by atoms with Gasteiger partial charge in [-0.15, -0.1) is 0 Å². The summed E-state index contributed by atoms with van der Waals surface area (Å²) in [7, 11) is 0. The third-order valence-corrected chi connectivity index (χ3v) is 2.24. The van der Waals surface area contributed by atoms with Crippen molar-refractivity contribution >= 4 is 27.5 Å². The van der Waals surface area contributed by atoms with Crippen LogP contribution in [0.5, 0.6) is 0 Å². The molecular formula is C11H13BrFNO2. The first-order valence-corrected chi connectivity index (χ1v) is 5.65. The second-order valence-electron chi connectivity index (χ2n) is 3.53. The predicted molar refractivity (Wildman–Crippen MR) is 63.8 cm³/mol. The van der Waals surface area contributed by atoms with Crippen LogP contribution < -0.4 is 5.32 Å². The average molecular weight is 290 g/mol. The monoisotopic (exact) mass is 289 g/mol. The minimum absolute atomic E-state index is 0.0295. The number of carbonyl (C=O) groups excluding carboxylic acids is 1. The molecule has 0 spiro atoms. The lowest BCUT2D eigenvalue weighted by Gasteiger charge is -2.09. The van der Waals surface area contributed by atoms with Gasteiger partial charge in [0.25, 0.3) is 0 Å². The number of benzene rings is 1. The van der Waals surface area contributed by atoms with Crippen molar-refractivity contribution in [2.75, 3.05) is 11.9 Å². The summed E-state index contributed by atoms with van der Waals surface area (Å²) in [6.45, 7) is 3.57.